The van der Waals surface area contributed by atoms with E-state index in [0.717, 1.165) is 12.8 Å². The topological polar surface area (TPSA) is 110 Å². The molecule has 1 aromatic heterocycles. The third kappa shape index (κ3) is 4.64. The fourth-order valence-corrected chi connectivity index (χ4v) is 1.89. The monoisotopic (exact) mass is 327 g/mol. The summed E-state index contributed by atoms with van der Waals surface area (Å²) in [5.41, 5.74) is 0.964. The summed E-state index contributed by atoms with van der Waals surface area (Å²) in [5, 5.41) is 18.6. The summed E-state index contributed by atoms with van der Waals surface area (Å²) in [6.45, 7) is 2.34. The van der Waals surface area contributed by atoms with Gasteiger partial charge < -0.3 is 10.1 Å². The molecule has 8 heteroatoms. The van der Waals surface area contributed by atoms with Crippen molar-refractivity contribution in [3.05, 3.63) is 42.0 Å². The highest BCUT2D eigenvalue weighted by Gasteiger charge is 2.10. The maximum atomic E-state index is 12.0. The van der Waals surface area contributed by atoms with Crippen LogP contribution in [-0.2, 0) is 16.1 Å². The van der Waals surface area contributed by atoms with Crippen molar-refractivity contribution >= 4 is 17.6 Å². The highest BCUT2D eigenvalue weighted by Crippen LogP contribution is 2.11. The van der Waals surface area contributed by atoms with E-state index in [2.05, 4.69) is 15.5 Å². The molecule has 0 spiro atoms. The second kappa shape index (κ2) is 8.43. The van der Waals surface area contributed by atoms with E-state index in [9.17, 15) is 9.59 Å². The number of ether oxygens (including phenoxy) is 1. The van der Waals surface area contributed by atoms with Crippen molar-refractivity contribution in [3.8, 4) is 6.07 Å². The molecule has 2 aromatic rings. The maximum Gasteiger partial charge on any atom is 0.338 e. The summed E-state index contributed by atoms with van der Waals surface area (Å²) >= 11 is 0. The first-order chi connectivity index (χ1) is 11.6. The van der Waals surface area contributed by atoms with Gasteiger partial charge in [0.15, 0.2) is 0 Å². The van der Waals surface area contributed by atoms with Gasteiger partial charge in [-0.1, -0.05) is 13.3 Å². The number of unbranched alkanes of at least 4 members (excludes halogenated alkanes) is 1. The fourth-order valence-electron chi connectivity index (χ4n) is 1.89. The number of nitrogens with one attached hydrogen (secondary N) is 1. The number of aromatic nitrogens is 3. The van der Waals surface area contributed by atoms with Crippen molar-refractivity contribution in [1.82, 2.24) is 14.8 Å². The van der Waals surface area contributed by atoms with Crippen molar-refractivity contribution < 1.29 is 14.3 Å². The van der Waals surface area contributed by atoms with Crippen LogP contribution in [0, 0.1) is 11.3 Å². The lowest BCUT2D eigenvalue weighted by Crippen LogP contribution is -2.19. The van der Waals surface area contributed by atoms with Crippen LogP contribution in [0.25, 0.3) is 0 Å². The van der Waals surface area contributed by atoms with Crippen molar-refractivity contribution in [2.24, 2.45) is 0 Å². The van der Waals surface area contributed by atoms with Crippen molar-refractivity contribution in [2.45, 2.75) is 26.3 Å². The van der Waals surface area contributed by atoms with Gasteiger partial charge in [0.25, 0.3) is 0 Å². The minimum atomic E-state index is -0.385. The molecule has 0 atom stereocenters. The number of hydrogen-bond donors (Lipinski definition) is 1. The Morgan fingerprint density at radius 3 is 2.75 bits per heavy atom. The molecule has 0 aliphatic heterocycles. The maximum absolute atomic E-state index is 12.0. The minimum absolute atomic E-state index is 0.0651. The lowest BCUT2D eigenvalue weighted by Gasteiger charge is -2.07. The van der Waals surface area contributed by atoms with Gasteiger partial charge in [0.2, 0.25) is 11.7 Å². The quantitative estimate of drug-likeness (QED) is 0.613. The fraction of sp³-hybridized carbons (Fsp3) is 0.312. The lowest BCUT2D eigenvalue weighted by atomic mass is 10.2. The van der Waals surface area contributed by atoms with E-state index in [1.54, 1.807) is 24.3 Å². The molecule has 0 bridgehead atoms. The Morgan fingerprint density at radius 2 is 2.08 bits per heavy atom. The van der Waals surface area contributed by atoms with Gasteiger partial charge in [-0.25, -0.2) is 4.79 Å². The number of rotatable bonds is 7. The summed E-state index contributed by atoms with van der Waals surface area (Å²) in [5.74, 6) is -0.649. The molecule has 1 amide bonds. The Bertz CT molecular complexity index is 746. The van der Waals surface area contributed by atoms with Crippen LogP contribution in [0.2, 0.25) is 0 Å². The first kappa shape index (κ1) is 17.1. The highest BCUT2D eigenvalue weighted by molar-refractivity contribution is 5.93. The van der Waals surface area contributed by atoms with Gasteiger partial charge in [0.05, 0.1) is 12.2 Å². The van der Waals surface area contributed by atoms with Crippen LogP contribution in [0.4, 0.5) is 5.69 Å². The Kier molecular flexibility index (Phi) is 6.02. The van der Waals surface area contributed by atoms with Crippen molar-refractivity contribution in [3.63, 3.8) is 0 Å². The van der Waals surface area contributed by atoms with Crippen molar-refractivity contribution in [2.75, 3.05) is 11.9 Å². The van der Waals surface area contributed by atoms with E-state index in [-0.39, 0.29) is 24.2 Å². The number of esters is 1. The molecule has 1 aromatic carbocycles. The number of hydrogen-bond acceptors (Lipinski definition) is 6. The zero-order chi connectivity index (χ0) is 17.4. The Balaban J connectivity index is 1.90. The first-order valence-corrected chi connectivity index (χ1v) is 7.49. The predicted molar refractivity (Wildman–Crippen MR) is 85.0 cm³/mol. The molecule has 0 radical (unpaired) electrons. The number of nitrogens with zero attached hydrogens (tertiary/aromatic N) is 4. The van der Waals surface area contributed by atoms with Crippen LogP contribution in [0.5, 0.6) is 0 Å². The third-order valence-electron chi connectivity index (χ3n) is 3.16. The van der Waals surface area contributed by atoms with Gasteiger partial charge in [-0.2, -0.15) is 5.26 Å². The van der Waals surface area contributed by atoms with Crippen LogP contribution in [0.1, 0.15) is 35.9 Å². The zero-order valence-corrected chi connectivity index (χ0v) is 13.2. The normalized spacial score (nSPS) is 10.0. The Hall–Kier alpha value is -3.21. The molecule has 8 nitrogen and oxygen atoms in total. The molecule has 0 saturated heterocycles. The second-order valence-corrected chi connectivity index (χ2v) is 5.01. The van der Waals surface area contributed by atoms with E-state index in [1.807, 2.05) is 13.0 Å². The summed E-state index contributed by atoms with van der Waals surface area (Å²) in [4.78, 5) is 23.7. The molecule has 1 heterocycles. The number of amides is 1. The molecule has 2 rings (SSSR count). The average molecular weight is 327 g/mol. The van der Waals surface area contributed by atoms with Gasteiger partial charge in [-0.05, 0) is 30.7 Å². The minimum Gasteiger partial charge on any atom is -0.462 e. The standard InChI is InChI=1S/C16H17N5O3/c1-2-3-8-24-16(23)12-4-6-13(7-5-12)19-15(22)10-21-11-18-20-14(21)9-17/h4-7,11H,2-3,8,10H2,1H3,(H,19,22). The molecule has 0 saturated carbocycles. The van der Waals surface area contributed by atoms with Gasteiger partial charge >= 0.3 is 5.97 Å². The van der Waals surface area contributed by atoms with Crippen LogP contribution < -0.4 is 5.32 Å². The molecule has 1 N–H and O–H groups in total. The Labute approximate surface area is 139 Å². The molecule has 0 aliphatic carbocycles. The number of nitriles is 1. The third-order valence-corrected chi connectivity index (χ3v) is 3.16. The number of carbonyl (C=O) groups excluding carboxylic acids is 2. The van der Waals surface area contributed by atoms with Crippen LogP contribution >= 0.6 is 0 Å². The van der Waals surface area contributed by atoms with Crippen LogP contribution in [0.15, 0.2) is 30.6 Å². The summed E-state index contributed by atoms with van der Waals surface area (Å²) in [6.07, 6.45) is 3.10. The average Bonchev–Trinajstić information content (AvgIpc) is 3.02. The van der Waals surface area contributed by atoms with E-state index >= 15 is 0 Å². The number of anilines is 1. The second-order valence-electron chi connectivity index (χ2n) is 5.01. The zero-order valence-electron chi connectivity index (χ0n) is 13.2. The molecular formula is C16H17N5O3. The number of carbonyl (C=O) groups is 2. The predicted octanol–water partition coefficient (Wildman–Crippen LogP) is 1.75. The largest absolute Gasteiger partial charge is 0.462 e. The lowest BCUT2D eigenvalue weighted by molar-refractivity contribution is -0.116. The molecule has 124 valence electrons. The number of benzene rings is 1. The van der Waals surface area contributed by atoms with Gasteiger partial charge in [-0.15, -0.1) is 10.2 Å². The van der Waals surface area contributed by atoms with Gasteiger partial charge in [-0.3, -0.25) is 9.36 Å². The summed E-state index contributed by atoms with van der Waals surface area (Å²) in [7, 11) is 0. The SMILES string of the molecule is CCCCOC(=O)c1ccc(NC(=O)Cn2cnnc2C#N)cc1. The molecule has 0 unspecified atom stereocenters. The molecule has 24 heavy (non-hydrogen) atoms. The molecule has 0 aliphatic rings. The smallest absolute Gasteiger partial charge is 0.338 e. The summed E-state index contributed by atoms with van der Waals surface area (Å²) in [6, 6.07) is 8.25. The van der Waals surface area contributed by atoms with Crippen LogP contribution in [0.3, 0.4) is 0 Å². The van der Waals surface area contributed by atoms with Crippen molar-refractivity contribution in [1.29, 1.82) is 5.26 Å². The van der Waals surface area contributed by atoms with E-state index in [4.69, 9.17) is 10.00 Å². The van der Waals surface area contributed by atoms with E-state index in [1.165, 1.54) is 10.9 Å². The van der Waals surface area contributed by atoms with Gasteiger partial charge in [0, 0.05) is 5.69 Å². The van der Waals surface area contributed by atoms with Gasteiger partial charge in [0.1, 0.15) is 18.9 Å². The molecular weight excluding hydrogens is 310 g/mol. The Morgan fingerprint density at radius 1 is 1.33 bits per heavy atom. The highest BCUT2D eigenvalue weighted by atomic mass is 16.5. The van der Waals surface area contributed by atoms with E-state index in [0.29, 0.717) is 17.9 Å². The van der Waals surface area contributed by atoms with E-state index < -0.39 is 0 Å². The first-order valence-electron chi connectivity index (χ1n) is 7.49. The summed E-state index contributed by atoms with van der Waals surface area (Å²) < 4.78 is 6.45. The van der Waals surface area contributed by atoms with Crippen LogP contribution in [-0.4, -0.2) is 33.2 Å². The molecule has 0 fully saturated rings.